The second-order valence-electron chi connectivity index (χ2n) is 3.91. The number of rotatable bonds is 2. The lowest BCUT2D eigenvalue weighted by molar-refractivity contribution is 0.00564. The number of carboxylic acid groups (broad SMARTS) is 1. The van der Waals surface area contributed by atoms with Gasteiger partial charge in [0.05, 0.1) is 5.56 Å². The standard InChI is InChI=1S/C10H11F2NO2/c11-10(12)3-1-8(5-10)13-4-2-7(6-13)9(14)15/h2,4,6,8H,1,3,5H2,(H,14,15). The van der Waals surface area contributed by atoms with Crippen molar-refractivity contribution in [2.45, 2.75) is 31.2 Å². The van der Waals surface area contributed by atoms with Gasteiger partial charge in [-0.1, -0.05) is 0 Å². The van der Waals surface area contributed by atoms with Crippen molar-refractivity contribution in [1.82, 2.24) is 4.57 Å². The van der Waals surface area contributed by atoms with E-state index >= 15 is 0 Å². The molecule has 0 aliphatic heterocycles. The van der Waals surface area contributed by atoms with Crippen molar-refractivity contribution in [3.63, 3.8) is 0 Å². The molecule has 3 nitrogen and oxygen atoms in total. The Hall–Kier alpha value is -1.39. The highest BCUT2D eigenvalue weighted by atomic mass is 19.3. The summed E-state index contributed by atoms with van der Waals surface area (Å²) in [6.45, 7) is 0. The van der Waals surface area contributed by atoms with Gasteiger partial charge >= 0.3 is 5.97 Å². The fraction of sp³-hybridized carbons (Fsp3) is 0.500. The van der Waals surface area contributed by atoms with Gasteiger partial charge in [-0.15, -0.1) is 0 Å². The molecule has 1 aromatic heterocycles. The number of halogens is 2. The zero-order valence-electron chi connectivity index (χ0n) is 7.99. The first-order valence-electron chi connectivity index (χ1n) is 4.76. The van der Waals surface area contributed by atoms with Crippen LogP contribution in [-0.4, -0.2) is 21.6 Å². The van der Waals surface area contributed by atoms with Crippen molar-refractivity contribution >= 4 is 5.97 Å². The second-order valence-corrected chi connectivity index (χ2v) is 3.91. The summed E-state index contributed by atoms with van der Waals surface area (Å²) in [5.74, 6) is -3.63. The lowest BCUT2D eigenvalue weighted by atomic mass is 10.2. The van der Waals surface area contributed by atoms with Crippen LogP contribution in [0.15, 0.2) is 18.5 Å². The highest BCUT2D eigenvalue weighted by Gasteiger charge is 2.40. The number of carbonyl (C=O) groups is 1. The van der Waals surface area contributed by atoms with Crippen LogP contribution >= 0.6 is 0 Å². The fourth-order valence-electron chi connectivity index (χ4n) is 1.95. The Bertz CT molecular complexity index is 387. The lowest BCUT2D eigenvalue weighted by Gasteiger charge is -2.12. The van der Waals surface area contributed by atoms with Crippen molar-refractivity contribution in [3.8, 4) is 0 Å². The molecule has 0 aromatic carbocycles. The summed E-state index contributed by atoms with van der Waals surface area (Å²) in [4.78, 5) is 10.6. The number of nitrogens with zero attached hydrogens (tertiary/aromatic N) is 1. The highest BCUT2D eigenvalue weighted by Crippen LogP contribution is 2.41. The maximum Gasteiger partial charge on any atom is 0.337 e. The summed E-state index contributed by atoms with van der Waals surface area (Å²) in [7, 11) is 0. The minimum Gasteiger partial charge on any atom is -0.478 e. The SMILES string of the molecule is O=C(O)c1ccn(C2CCC(F)(F)C2)c1. The Kier molecular flexibility index (Phi) is 2.25. The van der Waals surface area contributed by atoms with Gasteiger partial charge in [-0.2, -0.15) is 0 Å². The van der Waals surface area contributed by atoms with E-state index in [0.717, 1.165) is 0 Å². The van der Waals surface area contributed by atoms with Gasteiger partial charge in [0, 0.05) is 31.3 Å². The first-order valence-corrected chi connectivity index (χ1v) is 4.76. The number of carboxylic acids is 1. The molecular weight excluding hydrogens is 204 g/mol. The molecule has 1 aliphatic carbocycles. The molecule has 0 bridgehead atoms. The van der Waals surface area contributed by atoms with Gasteiger partial charge in [0.2, 0.25) is 5.92 Å². The van der Waals surface area contributed by atoms with E-state index in [1.165, 1.54) is 12.3 Å². The van der Waals surface area contributed by atoms with E-state index in [4.69, 9.17) is 5.11 Å². The molecule has 1 unspecified atom stereocenters. The van der Waals surface area contributed by atoms with Crippen molar-refractivity contribution in [2.24, 2.45) is 0 Å². The van der Waals surface area contributed by atoms with Crippen LogP contribution in [0.3, 0.4) is 0 Å². The molecule has 1 heterocycles. The number of aromatic nitrogens is 1. The van der Waals surface area contributed by atoms with Crippen LogP contribution in [0.2, 0.25) is 0 Å². The maximum absolute atomic E-state index is 12.9. The summed E-state index contributed by atoms with van der Waals surface area (Å²) < 4.78 is 27.4. The molecule has 0 spiro atoms. The molecule has 1 N–H and O–H groups in total. The molecule has 1 fully saturated rings. The molecule has 1 atom stereocenters. The number of hydrogen-bond acceptors (Lipinski definition) is 1. The summed E-state index contributed by atoms with van der Waals surface area (Å²) in [6.07, 6.45) is 3.06. The van der Waals surface area contributed by atoms with E-state index in [-0.39, 0.29) is 24.4 Å². The Balaban J connectivity index is 2.14. The average molecular weight is 215 g/mol. The van der Waals surface area contributed by atoms with Gasteiger partial charge in [0.15, 0.2) is 0 Å². The van der Waals surface area contributed by atoms with Crippen molar-refractivity contribution in [1.29, 1.82) is 0 Å². The van der Waals surface area contributed by atoms with E-state index < -0.39 is 11.9 Å². The van der Waals surface area contributed by atoms with Crippen molar-refractivity contribution in [3.05, 3.63) is 24.0 Å². The minimum absolute atomic E-state index is 0.113. The van der Waals surface area contributed by atoms with E-state index in [2.05, 4.69) is 0 Å². The third-order valence-electron chi connectivity index (χ3n) is 2.76. The average Bonchev–Trinajstić information content (AvgIpc) is 2.70. The predicted octanol–water partition coefficient (Wildman–Crippen LogP) is 2.55. The topological polar surface area (TPSA) is 42.2 Å². The van der Waals surface area contributed by atoms with Gasteiger partial charge in [0.1, 0.15) is 0 Å². The van der Waals surface area contributed by atoms with E-state index in [9.17, 15) is 13.6 Å². The molecule has 0 radical (unpaired) electrons. The Morgan fingerprint density at radius 3 is 2.80 bits per heavy atom. The van der Waals surface area contributed by atoms with Crippen LogP contribution in [-0.2, 0) is 0 Å². The summed E-state index contributed by atoms with van der Waals surface area (Å²) in [6, 6.07) is 1.16. The van der Waals surface area contributed by atoms with Gasteiger partial charge in [0.25, 0.3) is 0 Å². The Morgan fingerprint density at radius 2 is 2.33 bits per heavy atom. The third-order valence-corrected chi connectivity index (χ3v) is 2.76. The van der Waals surface area contributed by atoms with Crippen LogP contribution in [0.4, 0.5) is 8.78 Å². The van der Waals surface area contributed by atoms with E-state index in [0.29, 0.717) is 6.42 Å². The summed E-state index contributed by atoms with van der Waals surface area (Å²) in [5, 5.41) is 8.68. The highest BCUT2D eigenvalue weighted by molar-refractivity contribution is 5.87. The van der Waals surface area contributed by atoms with Crippen LogP contribution in [0, 0.1) is 0 Å². The van der Waals surface area contributed by atoms with Crippen molar-refractivity contribution in [2.75, 3.05) is 0 Å². The second kappa shape index (κ2) is 3.32. The van der Waals surface area contributed by atoms with Crippen LogP contribution < -0.4 is 0 Å². The summed E-state index contributed by atoms with van der Waals surface area (Å²) in [5.41, 5.74) is 0.144. The van der Waals surface area contributed by atoms with Gasteiger partial charge < -0.3 is 9.67 Å². The molecule has 0 amide bonds. The molecule has 82 valence electrons. The van der Waals surface area contributed by atoms with Crippen LogP contribution in [0.1, 0.15) is 35.7 Å². The van der Waals surface area contributed by atoms with Crippen LogP contribution in [0.5, 0.6) is 0 Å². The van der Waals surface area contributed by atoms with Crippen LogP contribution in [0.25, 0.3) is 0 Å². The predicted molar refractivity (Wildman–Crippen MR) is 49.2 cm³/mol. The minimum atomic E-state index is -2.60. The van der Waals surface area contributed by atoms with Gasteiger partial charge in [-0.3, -0.25) is 0 Å². The van der Waals surface area contributed by atoms with Gasteiger partial charge in [-0.05, 0) is 12.5 Å². The lowest BCUT2D eigenvalue weighted by Crippen LogP contribution is -2.11. The fourth-order valence-corrected chi connectivity index (χ4v) is 1.95. The monoisotopic (exact) mass is 215 g/mol. The third kappa shape index (κ3) is 2.00. The molecule has 2 rings (SSSR count). The molecule has 5 heteroatoms. The van der Waals surface area contributed by atoms with E-state index in [1.54, 1.807) is 10.8 Å². The molecule has 1 saturated carbocycles. The Morgan fingerprint density at radius 1 is 1.60 bits per heavy atom. The molecule has 1 aliphatic rings. The largest absolute Gasteiger partial charge is 0.478 e. The quantitative estimate of drug-likeness (QED) is 0.823. The first-order chi connectivity index (χ1) is 6.98. The zero-order chi connectivity index (χ0) is 11.1. The van der Waals surface area contributed by atoms with Gasteiger partial charge in [-0.25, -0.2) is 13.6 Å². The molecular formula is C10H11F2NO2. The number of hydrogen-bond donors (Lipinski definition) is 1. The number of alkyl halides is 2. The Labute approximate surface area is 85.3 Å². The first kappa shape index (κ1) is 10.1. The number of aromatic carboxylic acids is 1. The normalized spacial score (nSPS) is 24.3. The summed E-state index contributed by atoms with van der Waals surface area (Å²) >= 11 is 0. The molecule has 1 aromatic rings. The van der Waals surface area contributed by atoms with E-state index in [1.807, 2.05) is 0 Å². The molecule has 15 heavy (non-hydrogen) atoms. The maximum atomic E-state index is 12.9. The molecule has 0 saturated heterocycles. The van der Waals surface area contributed by atoms with Crippen molar-refractivity contribution < 1.29 is 18.7 Å². The smallest absolute Gasteiger partial charge is 0.337 e. The zero-order valence-corrected chi connectivity index (χ0v) is 7.99.